The van der Waals surface area contributed by atoms with Crippen molar-refractivity contribution < 1.29 is 0 Å². The molecule has 0 saturated heterocycles. The number of anilines is 3. The Morgan fingerprint density at radius 3 is 1.57 bits per heavy atom. The van der Waals surface area contributed by atoms with Crippen LogP contribution in [0.2, 0.25) is 0 Å². The van der Waals surface area contributed by atoms with Crippen LogP contribution in [0.5, 0.6) is 0 Å². The number of hydrogen-bond acceptors (Lipinski definition) is 1. The molecule has 0 aliphatic heterocycles. The van der Waals surface area contributed by atoms with Gasteiger partial charge in [-0.05, 0) is 114 Å². The van der Waals surface area contributed by atoms with Gasteiger partial charge in [0.2, 0.25) is 0 Å². The summed E-state index contributed by atoms with van der Waals surface area (Å²) in [7, 11) is 0. The molecule has 0 heterocycles. The maximum absolute atomic E-state index is 2.49. The molecule has 10 rings (SSSR count). The van der Waals surface area contributed by atoms with Crippen molar-refractivity contribution in [3.05, 3.63) is 246 Å². The van der Waals surface area contributed by atoms with Crippen molar-refractivity contribution in [1.82, 2.24) is 0 Å². The standard InChI is InChI=1S/C57H45N/c1-56(2,3)46-31-35-52-53-36-34-49(39-55(53)57(54(52)38-46,44-22-9-5-10-23-44)45-24-11-6-12-25-45)58(47-32-29-41(30-33-47)40-17-7-4-8-18-40)48-26-15-21-43(37-48)51-28-16-20-42-19-13-14-27-50(42)51/h4-39H,1-3H3. The van der Waals surface area contributed by atoms with Gasteiger partial charge < -0.3 is 4.90 Å². The van der Waals surface area contributed by atoms with Gasteiger partial charge in [-0.25, -0.2) is 0 Å². The second-order valence-electron chi connectivity index (χ2n) is 16.5. The molecule has 0 atom stereocenters. The molecule has 1 nitrogen and oxygen atoms in total. The minimum atomic E-state index is -0.530. The van der Waals surface area contributed by atoms with Crippen LogP contribution in [0.4, 0.5) is 17.1 Å². The second-order valence-corrected chi connectivity index (χ2v) is 16.5. The van der Waals surface area contributed by atoms with Crippen LogP contribution in [0.25, 0.3) is 44.2 Å². The van der Waals surface area contributed by atoms with E-state index >= 15 is 0 Å². The molecule has 0 aromatic heterocycles. The molecule has 0 amide bonds. The predicted octanol–water partition coefficient (Wildman–Crippen LogP) is 15.3. The van der Waals surface area contributed by atoms with Gasteiger partial charge in [0.25, 0.3) is 0 Å². The number of nitrogens with zero attached hydrogens (tertiary/aromatic N) is 1. The van der Waals surface area contributed by atoms with Crippen LogP contribution >= 0.6 is 0 Å². The van der Waals surface area contributed by atoms with E-state index in [1.54, 1.807) is 0 Å². The van der Waals surface area contributed by atoms with Crippen LogP contribution in [0.15, 0.2) is 218 Å². The van der Waals surface area contributed by atoms with E-state index in [2.05, 4.69) is 244 Å². The van der Waals surface area contributed by atoms with Gasteiger partial charge in [0.1, 0.15) is 0 Å². The Bertz CT molecular complexity index is 2860. The lowest BCUT2D eigenvalue weighted by atomic mass is 9.67. The third-order valence-corrected chi connectivity index (χ3v) is 12.1. The number of benzene rings is 9. The molecule has 0 spiro atoms. The van der Waals surface area contributed by atoms with Crippen molar-refractivity contribution in [2.24, 2.45) is 0 Å². The lowest BCUT2D eigenvalue weighted by Gasteiger charge is -2.35. The molecule has 1 aliphatic carbocycles. The first-order chi connectivity index (χ1) is 28.4. The van der Waals surface area contributed by atoms with E-state index in [1.807, 2.05) is 0 Å². The molecule has 9 aromatic carbocycles. The summed E-state index contributed by atoms with van der Waals surface area (Å²) in [5.74, 6) is 0. The van der Waals surface area contributed by atoms with Crippen LogP contribution < -0.4 is 4.90 Å². The topological polar surface area (TPSA) is 3.24 Å². The van der Waals surface area contributed by atoms with Crippen LogP contribution in [-0.2, 0) is 10.8 Å². The van der Waals surface area contributed by atoms with E-state index < -0.39 is 5.41 Å². The molecule has 278 valence electrons. The summed E-state index contributed by atoms with van der Waals surface area (Å²) in [5.41, 5.74) is 16.7. The summed E-state index contributed by atoms with van der Waals surface area (Å²) in [4.78, 5) is 2.44. The van der Waals surface area contributed by atoms with Crippen molar-refractivity contribution in [2.75, 3.05) is 4.90 Å². The zero-order chi connectivity index (χ0) is 39.3. The number of rotatable bonds is 7. The molecule has 58 heavy (non-hydrogen) atoms. The first-order valence-corrected chi connectivity index (χ1v) is 20.3. The summed E-state index contributed by atoms with van der Waals surface area (Å²) in [6, 6.07) is 80.6. The van der Waals surface area contributed by atoms with Crippen LogP contribution in [0, 0.1) is 0 Å². The van der Waals surface area contributed by atoms with Gasteiger partial charge in [-0.15, -0.1) is 0 Å². The van der Waals surface area contributed by atoms with Gasteiger partial charge >= 0.3 is 0 Å². The second kappa shape index (κ2) is 14.2. The monoisotopic (exact) mass is 743 g/mol. The molecule has 0 saturated carbocycles. The Kier molecular flexibility index (Phi) is 8.68. The molecule has 0 N–H and O–H groups in total. The lowest BCUT2D eigenvalue weighted by Crippen LogP contribution is -2.29. The third-order valence-electron chi connectivity index (χ3n) is 12.1. The normalized spacial score (nSPS) is 12.9. The fourth-order valence-corrected chi connectivity index (χ4v) is 9.25. The van der Waals surface area contributed by atoms with Gasteiger partial charge in [0.15, 0.2) is 0 Å². The highest BCUT2D eigenvalue weighted by Gasteiger charge is 2.47. The number of hydrogen-bond donors (Lipinski definition) is 0. The zero-order valence-corrected chi connectivity index (χ0v) is 33.2. The Morgan fingerprint density at radius 2 is 0.879 bits per heavy atom. The highest BCUT2D eigenvalue weighted by molar-refractivity contribution is 5.98. The molecule has 1 aliphatic rings. The maximum Gasteiger partial charge on any atom is 0.0714 e. The Hall–Kier alpha value is -6.96. The van der Waals surface area contributed by atoms with Gasteiger partial charge in [0.05, 0.1) is 5.41 Å². The lowest BCUT2D eigenvalue weighted by molar-refractivity contribution is 0.588. The van der Waals surface area contributed by atoms with Gasteiger partial charge in [-0.3, -0.25) is 0 Å². The SMILES string of the molecule is CC(C)(C)c1ccc2c(c1)C(c1ccccc1)(c1ccccc1)c1cc(N(c3ccc(-c4ccccc4)cc3)c3cccc(-c4cccc5ccccc45)c3)ccc1-2. The van der Waals surface area contributed by atoms with Gasteiger partial charge in [0, 0.05) is 17.1 Å². The molecular weight excluding hydrogens is 699 g/mol. The third kappa shape index (κ3) is 5.94. The highest BCUT2D eigenvalue weighted by atomic mass is 15.1. The fraction of sp³-hybridized carbons (Fsp3) is 0.0877. The quantitative estimate of drug-likeness (QED) is 0.157. The predicted molar refractivity (Wildman–Crippen MR) is 246 cm³/mol. The van der Waals surface area contributed by atoms with Gasteiger partial charge in [-0.1, -0.05) is 203 Å². The smallest absolute Gasteiger partial charge is 0.0714 e. The summed E-state index contributed by atoms with van der Waals surface area (Å²) >= 11 is 0. The van der Waals surface area contributed by atoms with Crippen molar-refractivity contribution in [1.29, 1.82) is 0 Å². The van der Waals surface area contributed by atoms with Crippen LogP contribution in [0.3, 0.4) is 0 Å². The Labute approximate surface area is 342 Å². The summed E-state index contributed by atoms with van der Waals surface area (Å²) < 4.78 is 0. The first kappa shape index (κ1) is 35.5. The molecular formula is C57H45N. The highest BCUT2D eigenvalue weighted by Crippen LogP contribution is 2.58. The van der Waals surface area contributed by atoms with Crippen molar-refractivity contribution in [2.45, 2.75) is 31.6 Å². The first-order valence-electron chi connectivity index (χ1n) is 20.3. The molecule has 9 aromatic rings. The van der Waals surface area contributed by atoms with E-state index in [0.29, 0.717) is 0 Å². The minimum Gasteiger partial charge on any atom is -0.310 e. The van der Waals surface area contributed by atoms with Crippen LogP contribution in [0.1, 0.15) is 48.6 Å². The van der Waals surface area contributed by atoms with Crippen molar-refractivity contribution in [3.63, 3.8) is 0 Å². The fourth-order valence-electron chi connectivity index (χ4n) is 9.25. The average molecular weight is 744 g/mol. The Balaban J connectivity index is 1.22. The van der Waals surface area contributed by atoms with E-state index in [-0.39, 0.29) is 5.41 Å². The Morgan fingerprint density at radius 1 is 0.362 bits per heavy atom. The summed E-state index contributed by atoms with van der Waals surface area (Å²) in [6.07, 6.45) is 0. The van der Waals surface area contributed by atoms with E-state index in [9.17, 15) is 0 Å². The summed E-state index contributed by atoms with van der Waals surface area (Å²) in [6.45, 7) is 6.94. The van der Waals surface area contributed by atoms with Gasteiger partial charge in [-0.2, -0.15) is 0 Å². The molecule has 0 bridgehead atoms. The molecule has 0 radical (unpaired) electrons. The molecule has 1 heteroatoms. The molecule has 0 unspecified atom stereocenters. The molecule has 0 fully saturated rings. The van der Waals surface area contributed by atoms with E-state index in [1.165, 1.54) is 72.0 Å². The van der Waals surface area contributed by atoms with Crippen molar-refractivity contribution in [3.8, 4) is 33.4 Å². The largest absolute Gasteiger partial charge is 0.310 e. The number of fused-ring (bicyclic) bond motifs is 4. The van der Waals surface area contributed by atoms with E-state index in [0.717, 1.165) is 17.1 Å². The van der Waals surface area contributed by atoms with Crippen LogP contribution in [-0.4, -0.2) is 0 Å². The van der Waals surface area contributed by atoms with Crippen molar-refractivity contribution >= 4 is 27.8 Å². The average Bonchev–Trinajstić information content (AvgIpc) is 3.57. The maximum atomic E-state index is 2.49. The minimum absolute atomic E-state index is 0.00805. The zero-order valence-electron chi connectivity index (χ0n) is 33.2. The summed E-state index contributed by atoms with van der Waals surface area (Å²) in [5, 5.41) is 2.49. The van der Waals surface area contributed by atoms with E-state index in [4.69, 9.17) is 0 Å².